The second-order valence-electron chi connectivity index (χ2n) is 4.34. The van der Waals surface area contributed by atoms with Crippen molar-refractivity contribution in [3.63, 3.8) is 0 Å². The number of nitrogens with one attached hydrogen (secondary N) is 2. The van der Waals surface area contributed by atoms with Gasteiger partial charge < -0.3 is 20.3 Å². The quantitative estimate of drug-likeness (QED) is 0.238. The summed E-state index contributed by atoms with van der Waals surface area (Å²) in [6.45, 7) is 0.887. The normalized spacial score (nSPS) is 13.1. The fourth-order valence-corrected chi connectivity index (χ4v) is 1.61. The van der Waals surface area contributed by atoms with Gasteiger partial charge in [0.25, 0.3) is 5.91 Å². The van der Waals surface area contributed by atoms with Crippen LogP contribution in [0, 0.1) is 0 Å². The van der Waals surface area contributed by atoms with Crippen LogP contribution in [0.25, 0.3) is 0 Å². The number of hydrogen-bond acceptors (Lipinski definition) is 6. The first-order chi connectivity index (χ1) is 9.95. The van der Waals surface area contributed by atoms with Crippen LogP contribution in [0.1, 0.15) is 18.6 Å². The molecule has 0 aliphatic rings. The Morgan fingerprint density at radius 1 is 1.33 bits per heavy atom. The van der Waals surface area contributed by atoms with Gasteiger partial charge in [-0.15, -0.1) is 0 Å². The van der Waals surface area contributed by atoms with Gasteiger partial charge in [0.05, 0.1) is 0 Å². The standard InChI is InChI=1S/C13H19N3O5/c1-8(17)15-6-10(18)13(20)9-4-2-3-5-11(9)21-7-12(19)16-14/h2-5,10,13,18,20H,6-7,14H2,1H3,(H,15,17)(H,16,19). The summed E-state index contributed by atoms with van der Waals surface area (Å²) in [5.41, 5.74) is 2.22. The molecule has 8 heteroatoms. The van der Waals surface area contributed by atoms with Gasteiger partial charge in [0.2, 0.25) is 5.91 Å². The fraction of sp³-hybridized carbons (Fsp3) is 0.385. The Bertz CT molecular complexity index is 494. The molecule has 0 radical (unpaired) electrons. The minimum atomic E-state index is -1.27. The monoisotopic (exact) mass is 297 g/mol. The van der Waals surface area contributed by atoms with Gasteiger partial charge in [-0.25, -0.2) is 5.84 Å². The summed E-state index contributed by atoms with van der Waals surface area (Å²) >= 11 is 0. The van der Waals surface area contributed by atoms with Crippen LogP contribution in [-0.4, -0.2) is 41.3 Å². The zero-order chi connectivity index (χ0) is 15.8. The Morgan fingerprint density at radius 3 is 2.62 bits per heavy atom. The van der Waals surface area contributed by atoms with Crippen LogP contribution < -0.4 is 21.3 Å². The number of carbonyl (C=O) groups is 2. The number of aliphatic hydroxyl groups is 2. The number of rotatable bonds is 7. The molecular formula is C13H19N3O5. The largest absolute Gasteiger partial charge is 0.483 e. The average Bonchev–Trinajstić information content (AvgIpc) is 2.49. The fourth-order valence-electron chi connectivity index (χ4n) is 1.61. The van der Waals surface area contributed by atoms with Gasteiger partial charge in [-0.1, -0.05) is 18.2 Å². The number of amides is 2. The Hall–Kier alpha value is -2.16. The molecule has 0 saturated heterocycles. The molecule has 0 aliphatic carbocycles. The molecular weight excluding hydrogens is 278 g/mol. The highest BCUT2D eigenvalue weighted by molar-refractivity contribution is 5.76. The number of para-hydroxylation sites is 1. The van der Waals surface area contributed by atoms with Crippen molar-refractivity contribution in [3.8, 4) is 5.75 Å². The van der Waals surface area contributed by atoms with Gasteiger partial charge in [-0.05, 0) is 6.07 Å². The highest BCUT2D eigenvalue weighted by Gasteiger charge is 2.22. The van der Waals surface area contributed by atoms with Crippen molar-refractivity contribution >= 4 is 11.8 Å². The van der Waals surface area contributed by atoms with Crippen LogP contribution in [0.15, 0.2) is 24.3 Å². The van der Waals surface area contributed by atoms with Gasteiger partial charge in [0, 0.05) is 19.0 Å². The number of hydrogen-bond donors (Lipinski definition) is 5. The van der Waals surface area contributed by atoms with Crippen molar-refractivity contribution in [1.82, 2.24) is 10.7 Å². The molecule has 2 amide bonds. The smallest absolute Gasteiger partial charge is 0.271 e. The Kier molecular flexibility index (Phi) is 6.60. The van der Waals surface area contributed by atoms with Crippen LogP contribution in [0.2, 0.25) is 0 Å². The van der Waals surface area contributed by atoms with Crippen LogP contribution in [0.4, 0.5) is 0 Å². The van der Waals surface area contributed by atoms with Crippen molar-refractivity contribution in [3.05, 3.63) is 29.8 Å². The van der Waals surface area contributed by atoms with Crippen molar-refractivity contribution < 1.29 is 24.5 Å². The summed E-state index contributed by atoms with van der Waals surface area (Å²) in [5, 5.41) is 22.4. The summed E-state index contributed by atoms with van der Waals surface area (Å²) in [6.07, 6.45) is -2.48. The molecule has 2 unspecified atom stereocenters. The molecule has 116 valence electrons. The van der Waals surface area contributed by atoms with E-state index in [1.807, 2.05) is 5.43 Å². The molecule has 8 nitrogen and oxygen atoms in total. The highest BCUT2D eigenvalue weighted by Crippen LogP contribution is 2.27. The van der Waals surface area contributed by atoms with Gasteiger partial charge in [-0.2, -0.15) is 0 Å². The number of aliphatic hydroxyl groups excluding tert-OH is 2. The molecule has 0 bridgehead atoms. The van der Waals surface area contributed by atoms with Crippen LogP contribution in [0.5, 0.6) is 5.75 Å². The molecule has 2 atom stereocenters. The predicted octanol–water partition coefficient (Wildman–Crippen LogP) is -1.41. The van der Waals surface area contributed by atoms with Crippen molar-refractivity contribution in [2.45, 2.75) is 19.1 Å². The summed E-state index contributed by atoms with van der Waals surface area (Å²) < 4.78 is 5.24. The van der Waals surface area contributed by atoms with Crippen LogP contribution >= 0.6 is 0 Å². The molecule has 21 heavy (non-hydrogen) atoms. The zero-order valence-electron chi connectivity index (χ0n) is 11.6. The van der Waals surface area contributed by atoms with E-state index in [4.69, 9.17) is 10.6 Å². The highest BCUT2D eigenvalue weighted by atomic mass is 16.5. The van der Waals surface area contributed by atoms with E-state index < -0.39 is 18.1 Å². The number of carbonyl (C=O) groups excluding carboxylic acids is 2. The Morgan fingerprint density at radius 2 is 2.00 bits per heavy atom. The van der Waals surface area contributed by atoms with Crippen LogP contribution in [-0.2, 0) is 9.59 Å². The van der Waals surface area contributed by atoms with E-state index in [0.717, 1.165) is 0 Å². The molecule has 0 aliphatic heterocycles. The minimum absolute atomic E-state index is 0.103. The van der Waals surface area contributed by atoms with E-state index in [1.54, 1.807) is 24.3 Å². The molecule has 0 heterocycles. The average molecular weight is 297 g/mol. The molecule has 1 aromatic carbocycles. The maximum atomic E-state index is 11.1. The first-order valence-electron chi connectivity index (χ1n) is 6.27. The van der Waals surface area contributed by atoms with E-state index in [1.165, 1.54) is 6.92 Å². The van der Waals surface area contributed by atoms with Crippen molar-refractivity contribution in [1.29, 1.82) is 0 Å². The summed E-state index contributed by atoms with van der Waals surface area (Å²) in [7, 11) is 0. The van der Waals surface area contributed by atoms with E-state index in [0.29, 0.717) is 5.56 Å². The summed E-state index contributed by atoms with van der Waals surface area (Å²) in [4.78, 5) is 21.9. The second kappa shape index (κ2) is 8.20. The predicted molar refractivity (Wildman–Crippen MR) is 73.9 cm³/mol. The molecule has 0 fully saturated rings. The van der Waals surface area contributed by atoms with Gasteiger partial charge in [0.15, 0.2) is 6.61 Å². The van der Waals surface area contributed by atoms with Crippen LogP contribution in [0.3, 0.4) is 0 Å². The maximum Gasteiger partial charge on any atom is 0.271 e. The minimum Gasteiger partial charge on any atom is -0.483 e. The Labute approximate surface area is 121 Å². The topological polar surface area (TPSA) is 134 Å². The lowest BCUT2D eigenvalue weighted by molar-refractivity contribution is -0.123. The lowest BCUT2D eigenvalue weighted by Crippen LogP contribution is -2.35. The number of benzene rings is 1. The van der Waals surface area contributed by atoms with E-state index >= 15 is 0 Å². The molecule has 1 rings (SSSR count). The van der Waals surface area contributed by atoms with Gasteiger partial charge in [-0.3, -0.25) is 15.0 Å². The third-order valence-electron chi connectivity index (χ3n) is 2.68. The molecule has 6 N–H and O–H groups in total. The van der Waals surface area contributed by atoms with Gasteiger partial charge in [0.1, 0.15) is 18.0 Å². The first-order valence-corrected chi connectivity index (χ1v) is 6.27. The zero-order valence-corrected chi connectivity index (χ0v) is 11.6. The molecule has 0 spiro atoms. The molecule has 0 aromatic heterocycles. The lowest BCUT2D eigenvalue weighted by Gasteiger charge is -2.20. The van der Waals surface area contributed by atoms with E-state index in [9.17, 15) is 19.8 Å². The number of nitrogens with two attached hydrogens (primary N) is 1. The summed E-state index contributed by atoms with van der Waals surface area (Å²) in [6, 6.07) is 6.41. The maximum absolute atomic E-state index is 11.1. The van der Waals surface area contributed by atoms with Crippen molar-refractivity contribution in [2.75, 3.05) is 13.2 Å². The first kappa shape index (κ1) is 16.9. The van der Waals surface area contributed by atoms with E-state index in [2.05, 4.69) is 5.32 Å². The third-order valence-corrected chi connectivity index (χ3v) is 2.68. The number of hydrazine groups is 1. The molecule has 1 aromatic rings. The number of ether oxygens (including phenoxy) is 1. The molecule has 0 saturated carbocycles. The second-order valence-corrected chi connectivity index (χ2v) is 4.34. The SMILES string of the molecule is CC(=O)NCC(O)C(O)c1ccccc1OCC(=O)NN. The van der Waals surface area contributed by atoms with Crippen molar-refractivity contribution in [2.24, 2.45) is 5.84 Å². The van der Waals surface area contributed by atoms with Gasteiger partial charge >= 0.3 is 0 Å². The third kappa shape index (κ3) is 5.38. The van der Waals surface area contributed by atoms with E-state index in [-0.39, 0.29) is 24.8 Å². The summed E-state index contributed by atoms with van der Waals surface area (Å²) in [5.74, 6) is 4.34. The Balaban J connectivity index is 2.76. The lowest BCUT2D eigenvalue weighted by atomic mass is 10.0.